The lowest BCUT2D eigenvalue weighted by Gasteiger charge is -2.21. The van der Waals surface area contributed by atoms with Crippen LogP contribution in [0.25, 0.3) is 0 Å². The van der Waals surface area contributed by atoms with Gasteiger partial charge in [0.25, 0.3) is 0 Å². The highest BCUT2D eigenvalue weighted by atomic mass is 35.5. The second-order valence-corrected chi connectivity index (χ2v) is 6.10. The monoisotopic (exact) mass is 368 g/mol. The largest absolute Gasteiger partial charge is 0.371 e. The third-order valence-corrected chi connectivity index (χ3v) is 3.92. The Balaban J connectivity index is 1.92. The summed E-state index contributed by atoms with van der Waals surface area (Å²) in [6.45, 7) is 5.47. The molecule has 1 unspecified atom stereocenters. The first-order valence-corrected chi connectivity index (χ1v) is 8.49. The summed E-state index contributed by atoms with van der Waals surface area (Å²) in [5, 5.41) is 7.87. The molecule has 0 saturated carbocycles. The molecule has 0 fully saturated rings. The van der Waals surface area contributed by atoms with Gasteiger partial charge in [0.2, 0.25) is 5.89 Å². The van der Waals surface area contributed by atoms with E-state index in [2.05, 4.69) is 20.4 Å². The molecule has 9 heteroatoms. The third-order valence-electron chi connectivity index (χ3n) is 3.71. The average Bonchev–Trinajstić information content (AvgIpc) is 3.15. The first kappa shape index (κ1) is 19.3. The Labute approximate surface area is 152 Å². The van der Waals surface area contributed by atoms with Gasteiger partial charge in [0.15, 0.2) is 11.8 Å². The first-order chi connectivity index (χ1) is 11.9. The van der Waals surface area contributed by atoms with Crippen LogP contribution in [0, 0.1) is 0 Å². The molecule has 0 aromatic carbocycles. The lowest BCUT2D eigenvalue weighted by atomic mass is 10.4. The van der Waals surface area contributed by atoms with Gasteiger partial charge in [-0.3, -0.25) is 4.99 Å². The van der Waals surface area contributed by atoms with Crippen LogP contribution in [-0.2, 0) is 24.9 Å². The zero-order valence-electron chi connectivity index (χ0n) is 15.3. The molecule has 2 rings (SSSR count). The fraction of sp³-hybridized carbons (Fsp3) is 0.562. The van der Waals surface area contributed by atoms with E-state index >= 15 is 0 Å². The maximum atomic E-state index is 6.03. The number of halogens is 1. The van der Waals surface area contributed by atoms with E-state index in [1.807, 2.05) is 49.7 Å². The lowest BCUT2D eigenvalue weighted by Crippen LogP contribution is -2.38. The molecule has 2 aromatic heterocycles. The van der Waals surface area contributed by atoms with Crippen molar-refractivity contribution in [3.63, 3.8) is 0 Å². The Bertz CT molecular complexity index is 711. The van der Waals surface area contributed by atoms with Crippen molar-refractivity contribution >= 4 is 17.6 Å². The quantitative estimate of drug-likeness (QED) is 0.597. The maximum absolute atomic E-state index is 6.03. The van der Waals surface area contributed by atoms with Gasteiger partial charge in [-0.1, -0.05) is 16.8 Å². The van der Waals surface area contributed by atoms with Crippen LogP contribution < -0.4 is 5.32 Å². The highest BCUT2D eigenvalue weighted by Crippen LogP contribution is 2.14. The molecule has 0 aliphatic carbocycles. The normalized spacial score (nSPS) is 13.1. The van der Waals surface area contributed by atoms with Crippen molar-refractivity contribution in [2.24, 2.45) is 12.0 Å². The van der Waals surface area contributed by atoms with Crippen LogP contribution in [-0.4, -0.2) is 46.3 Å². The number of aryl methyl sites for hydroxylation is 1. The van der Waals surface area contributed by atoms with E-state index in [0.717, 1.165) is 16.7 Å². The Morgan fingerprint density at radius 1 is 1.56 bits per heavy atom. The molecule has 25 heavy (non-hydrogen) atoms. The Hall–Kier alpha value is -2.06. The molecule has 0 saturated heterocycles. The molecule has 1 N–H and O–H groups in total. The van der Waals surface area contributed by atoms with E-state index in [9.17, 15) is 0 Å². The molecule has 0 aliphatic heterocycles. The molecule has 1 atom stereocenters. The predicted octanol–water partition coefficient (Wildman–Crippen LogP) is 2.37. The fourth-order valence-corrected chi connectivity index (χ4v) is 2.68. The third kappa shape index (κ3) is 5.20. The lowest BCUT2D eigenvalue weighted by molar-refractivity contribution is 0.0683. The van der Waals surface area contributed by atoms with E-state index in [-0.39, 0.29) is 6.10 Å². The second kappa shape index (κ2) is 8.87. The number of guanidine groups is 1. The fourth-order valence-electron chi connectivity index (χ4n) is 2.41. The van der Waals surface area contributed by atoms with Crippen molar-refractivity contribution in [2.45, 2.75) is 33.0 Å². The standard InChI is InChI=1S/C16H25ClN6O2/c1-6-24-11(2)15-20-14(25-21-15)8-19-16(18-3)23(5)10-13-7-12(17)9-22(13)4/h7,9,11H,6,8,10H2,1-5H3,(H,18,19). The summed E-state index contributed by atoms with van der Waals surface area (Å²) in [5.41, 5.74) is 1.08. The highest BCUT2D eigenvalue weighted by Gasteiger charge is 2.15. The predicted molar refractivity (Wildman–Crippen MR) is 96.4 cm³/mol. The Morgan fingerprint density at radius 2 is 2.32 bits per heavy atom. The number of aromatic nitrogens is 3. The van der Waals surface area contributed by atoms with Crippen LogP contribution >= 0.6 is 11.6 Å². The number of hydrogen-bond donors (Lipinski definition) is 1. The number of hydrogen-bond acceptors (Lipinski definition) is 5. The topological polar surface area (TPSA) is 80.7 Å². The van der Waals surface area contributed by atoms with Gasteiger partial charge in [-0.2, -0.15) is 4.98 Å². The number of aliphatic imine (C=N–C) groups is 1. The van der Waals surface area contributed by atoms with Crippen molar-refractivity contribution in [1.82, 2.24) is 24.9 Å². The molecule has 2 heterocycles. The van der Waals surface area contributed by atoms with Crippen molar-refractivity contribution in [1.29, 1.82) is 0 Å². The number of nitrogens with one attached hydrogen (secondary N) is 1. The molecule has 0 amide bonds. The van der Waals surface area contributed by atoms with Crippen LogP contribution in [0.1, 0.15) is 37.4 Å². The van der Waals surface area contributed by atoms with Gasteiger partial charge in [0, 0.05) is 39.6 Å². The molecule has 2 aromatic rings. The molecule has 8 nitrogen and oxygen atoms in total. The summed E-state index contributed by atoms with van der Waals surface area (Å²) in [7, 11) is 5.64. The molecule has 0 spiro atoms. The zero-order valence-corrected chi connectivity index (χ0v) is 16.0. The average molecular weight is 369 g/mol. The van der Waals surface area contributed by atoms with E-state index in [1.165, 1.54) is 0 Å². The van der Waals surface area contributed by atoms with Crippen LogP contribution in [0.2, 0.25) is 5.02 Å². The van der Waals surface area contributed by atoms with Crippen molar-refractivity contribution in [3.8, 4) is 0 Å². The first-order valence-electron chi connectivity index (χ1n) is 8.11. The SMILES string of the molecule is CCOC(C)c1noc(CNC(=NC)N(C)Cc2cc(Cl)cn2C)n1. The summed E-state index contributed by atoms with van der Waals surface area (Å²) < 4.78 is 12.7. The van der Waals surface area contributed by atoms with E-state index < -0.39 is 0 Å². The van der Waals surface area contributed by atoms with Gasteiger partial charge in [-0.05, 0) is 19.9 Å². The van der Waals surface area contributed by atoms with Crippen molar-refractivity contribution < 1.29 is 9.26 Å². The molecular weight excluding hydrogens is 344 g/mol. The van der Waals surface area contributed by atoms with Crippen molar-refractivity contribution in [2.75, 3.05) is 20.7 Å². The maximum Gasteiger partial charge on any atom is 0.246 e. The van der Waals surface area contributed by atoms with Gasteiger partial charge in [0.05, 0.1) is 18.1 Å². The minimum atomic E-state index is -0.188. The zero-order chi connectivity index (χ0) is 18.4. The van der Waals surface area contributed by atoms with E-state index in [1.54, 1.807) is 7.05 Å². The van der Waals surface area contributed by atoms with Crippen LogP contribution in [0.3, 0.4) is 0 Å². The van der Waals surface area contributed by atoms with Crippen LogP contribution in [0.5, 0.6) is 0 Å². The molecule has 0 radical (unpaired) electrons. The minimum absolute atomic E-state index is 0.188. The molecule has 0 aliphatic rings. The molecular formula is C16H25ClN6O2. The Morgan fingerprint density at radius 3 is 2.92 bits per heavy atom. The van der Waals surface area contributed by atoms with Gasteiger partial charge < -0.3 is 24.0 Å². The smallest absolute Gasteiger partial charge is 0.246 e. The highest BCUT2D eigenvalue weighted by molar-refractivity contribution is 6.30. The van der Waals surface area contributed by atoms with Gasteiger partial charge in [-0.25, -0.2) is 0 Å². The Kier molecular flexibility index (Phi) is 6.83. The summed E-state index contributed by atoms with van der Waals surface area (Å²) in [4.78, 5) is 10.6. The van der Waals surface area contributed by atoms with E-state index in [0.29, 0.717) is 31.4 Å². The van der Waals surface area contributed by atoms with Gasteiger partial charge >= 0.3 is 0 Å². The minimum Gasteiger partial charge on any atom is -0.371 e. The molecule has 0 bridgehead atoms. The van der Waals surface area contributed by atoms with Gasteiger partial charge in [0.1, 0.15) is 6.10 Å². The van der Waals surface area contributed by atoms with Crippen molar-refractivity contribution in [3.05, 3.63) is 34.7 Å². The molecule has 138 valence electrons. The number of ether oxygens (including phenoxy) is 1. The second-order valence-electron chi connectivity index (χ2n) is 5.66. The number of nitrogens with zero attached hydrogens (tertiary/aromatic N) is 5. The number of rotatable bonds is 7. The van der Waals surface area contributed by atoms with Crippen LogP contribution in [0.4, 0.5) is 0 Å². The summed E-state index contributed by atoms with van der Waals surface area (Å²) in [6, 6.07) is 1.94. The summed E-state index contributed by atoms with van der Waals surface area (Å²) in [6.07, 6.45) is 1.69. The van der Waals surface area contributed by atoms with E-state index in [4.69, 9.17) is 20.9 Å². The van der Waals surface area contributed by atoms with Gasteiger partial charge in [-0.15, -0.1) is 0 Å². The summed E-state index contributed by atoms with van der Waals surface area (Å²) >= 11 is 6.03. The summed E-state index contributed by atoms with van der Waals surface area (Å²) in [5.74, 6) is 1.74. The van der Waals surface area contributed by atoms with Crippen LogP contribution in [0.15, 0.2) is 21.8 Å².